The summed E-state index contributed by atoms with van der Waals surface area (Å²) in [5.41, 5.74) is 2.30. The van der Waals surface area contributed by atoms with E-state index in [1.54, 1.807) is 31.4 Å². The van der Waals surface area contributed by atoms with Crippen molar-refractivity contribution < 1.29 is 18.1 Å². The number of hydrogen-bond acceptors (Lipinski definition) is 4. The van der Waals surface area contributed by atoms with Gasteiger partial charge in [-0.1, -0.05) is 12.1 Å². The van der Waals surface area contributed by atoms with Crippen molar-refractivity contribution in [1.29, 1.82) is 0 Å². The van der Waals surface area contributed by atoms with Gasteiger partial charge in [-0.2, -0.15) is 0 Å². The second kappa shape index (κ2) is 8.94. The van der Waals surface area contributed by atoms with Gasteiger partial charge < -0.3 is 14.5 Å². The first-order valence-electron chi connectivity index (χ1n) is 9.66. The topological polar surface area (TPSA) is 63.1 Å². The van der Waals surface area contributed by atoms with Crippen molar-refractivity contribution in [2.45, 2.75) is 23.8 Å². The number of rotatable bonds is 8. The van der Waals surface area contributed by atoms with E-state index in [0.29, 0.717) is 12.3 Å². The van der Waals surface area contributed by atoms with Crippen molar-refractivity contribution in [3.05, 3.63) is 54.1 Å². The smallest absolute Gasteiger partial charge is 0.240 e. The molecule has 0 radical (unpaired) electrons. The van der Waals surface area contributed by atoms with Crippen molar-refractivity contribution >= 4 is 15.7 Å². The van der Waals surface area contributed by atoms with Crippen LogP contribution in [0.4, 0.5) is 5.69 Å². The van der Waals surface area contributed by atoms with E-state index >= 15 is 0 Å². The summed E-state index contributed by atoms with van der Waals surface area (Å²) in [7, 11) is 2.03. The molecule has 0 bridgehead atoms. The average molecular weight is 405 g/mol. The minimum absolute atomic E-state index is 0.103. The van der Waals surface area contributed by atoms with E-state index in [2.05, 4.69) is 33.9 Å². The Bertz CT molecular complexity index is 859. The van der Waals surface area contributed by atoms with Gasteiger partial charge in [0.2, 0.25) is 10.0 Å². The van der Waals surface area contributed by atoms with E-state index < -0.39 is 10.0 Å². The molecule has 0 amide bonds. The number of hydrogen-bond donors (Lipinski definition) is 2. The van der Waals surface area contributed by atoms with Crippen LogP contribution in [0.1, 0.15) is 24.4 Å². The van der Waals surface area contributed by atoms with Gasteiger partial charge in [-0.3, -0.25) is 0 Å². The standard InChI is InChI=1S/C21H29N3O3S/c1-23(2)18-8-6-17(7-9-18)21(24-14-4-5-15-24)16-22-28(25,26)20-12-10-19(27-3)11-13-20/h6-13,21-22H,4-5,14-16H2,1-3H3/p+1/t21-/m0/s1. The Balaban J connectivity index is 1.77. The van der Waals surface area contributed by atoms with Gasteiger partial charge in [0.1, 0.15) is 11.8 Å². The van der Waals surface area contributed by atoms with Gasteiger partial charge in [0.15, 0.2) is 0 Å². The molecule has 1 saturated heterocycles. The van der Waals surface area contributed by atoms with Gasteiger partial charge >= 0.3 is 0 Å². The van der Waals surface area contributed by atoms with Crippen LogP contribution in [-0.2, 0) is 10.0 Å². The van der Waals surface area contributed by atoms with E-state index in [0.717, 1.165) is 18.8 Å². The fourth-order valence-corrected chi connectivity index (χ4v) is 4.76. The summed E-state index contributed by atoms with van der Waals surface area (Å²) in [4.78, 5) is 3.76. The van der Waals surface area contributed by atoms with Crippen molar-refractivity contribution in [3.63, 3.8) is 0 Å². The highest BCUT2D eigenvalue weighted by Gasteiger charge is 2.29. The zero-order chi connectivity index (χ0) is 20.1. The summed E-state index contributed by atoms with van der Waals surface area (Å²) in [6.07, 6.45) is 2.37. The number of anilines is 1. The van der Waals surface area contributed by atoms with Crippen molar-refractivity contribution in [2.75, 3.05) is 45.7 Å². The maximum absolute atomic E-state index is 12.8. The highest BCUT2D eigenvalue weighted by Crippen LogP contribution is 2.19. The molecule has 6 nitrogen and oxygen atoms in total. The number of likely N-dealkylation sites (tertiary alicyclic amines) is 1. The van der Waals surface area contributed by atoms with Crippen LogP contribution < -0.4 is 19.3 Å². The van der Waals surface area contributed by atoms with E-state index in [9.17, 15) is 8.42 Å². The third kappa shape index (κ3) is 4.84. The maximum atomic E-state index is 12.8. The minimum Gasteiger partial charge on any atom is -0.497 e. The molecule has 2 N–H and O–H groups in total. The zero-order valence-electron chi connectivity index (χ0n) is 16.8. The molecule has 0 spiro atoms. The first kappa shape index (κ1) is 20.6. The molecule has 152 valence electrons. The quantitative estimate of drug-likeness (QED) is 0.699. The van der Waals surface area contributed by atoms with Crippen LogP contribution in [0.2, 0.25) is 0 Å². The lowest BCUT2D eigenvalue weighted by Gasteiger charge is -2.26. The molecule has 0 aromatic heterocycles. The van der Waals surface area contributed by atoms with E-state index in [4.69, 9.17) is 4.74 Å². The monoisotopic (exact) mass is 404 g/mol. The largest absolute Gasteiger partial charge is 0.497 e. The van der Waals surface area contributed by atoms with E-state index in [1.165, 1.54) is 23.3 Å². The molecule has 1 atom stereocenters. The van der Waals surface area contributed by atoms with Gasteiger partial charge in [-0.05, 0) is 36.4 Å². The molecular formula is C21H30N3O3S+. The van der Waals surface area contributed by atoms with E-state index in [-0.39, 0.29) is 10.9 Å². The summed E-state index contributed by atoms with van der Waals surface area (Å²) in [5.74, 6) is 0.638. The number of ether oxygens (including phenoxy) is 1. The number of nitrogens with one attached hydrogen (secondary N) is 2. The first-order chi connectivity index (χ1) is 13.4. The van der Waals surface area contributed by atoms with Crippen LogP contribution in [-0.4, -0.2) is 49.3 Å². The second-order valence-corrected chi connectivity index (χ2v) is 9.20. The molecule has 28 heavy (non-hydrogen) atoms. The molecule has 2 aromatic carbocycles. The summed E-state index contributed by atoms with van der Waals surface area (Å²) >= 11 is 0. The highest BCUT2D eigenvalue weighted by atomic mass is 32.2. The van der Waals surface area contributed by atoms with Gasteiger partial charge in [-0.15, -0.1) is 0 Å². The Kier molecular flexibility index (Phi) is 6.59. The lowest BCUT2D eigenvalue weighted by Crippen LogP contribution is -3.11. The molecule has 7 heteroatoms. The molecule has 1 heterocycles. The number of benzene rings is 2. The Hall–Kier alpha value is -2.09. The molecular weight excluding hydrogens is 374 g/mol. The van der Waals surface area contributed by atoms with Crippen LogP contribution in [0.3, 0.4) is 0 Å². The molecule has 1 fully saturated rings. The Morgan fingerprint density at radius 3 is 2.18 bits per heavy atom. The zero-order valence-corrected chi connectivity index (χ0v) is 17.6. The van der Waals surface area contributed by atoms with Gasteiger partial charge in [-0.25, -0.2) is 13.1 Å². The first-order valence-corrected chi connectivity index (χ1v) is 11.1. The number of quaternary nitrogens is 1. The molecule has 3 rings (SSSR count). The summed E-state index contributed by atoms with van der Waals surface area (Å²) in [6.45, 7) is 2.53. The molecule has 0 saturated carbocycles. The fourth-order valence-electron chi connectivity index (χ4n) is 3.71. The molecule has 1 aliphatic rings. The third-order valence-electron chi connectivity index (χ3n) is 5.40. The lowest BCUT2D eigenvalue weighted by molar-refractivity contribution is -0.918. The van der Waals surface area contributed by atoms with Crippen LogP contribution in [0.25, 0.3) is 0 Å². The van der Waals surface area contributed by atoms with Crippen molar-refractivity contribution in [2.24, 2.45) is 0 Å². The summed E-state index contributed by atoms with van der Waals surface area (Å²) < 4.78 is 33.5. The number of nitrogens with zero attached hydrogens (tertiary/aromatic N) is 1. The second-order valence-electron chi connectivity index (χ2n) is 7.43. The summed E-state index contributed by atoms with van der Waals surface area (Å²) in [6, 6.07) is 15.0. The Morgan fingerprint density at radius 2 is 1.64 bits per heavy atom. The molecule has 0 unspecified atom stereocenters. The number of methoxy groups -OCH3 is 1. The minimum atomic E-state index is -3.57. The Labute approximate surface area is 168 Å². The normalized spacial score (nSPS) is 16.1. The van der Waals surface area contributed by atoms with Gasteiger partial charge in [0.05, 0.1) is 31.6 Å². The number of sulfonamides is 1. The highest BCUT2D eigenvalue weighted by molar-refractivity contribution is 7.89. The van der Waals surface area contributed by atoms with Gasteiger partial charge in [0.25, 0.3) is 0 Å². The Morgan fingerprint density at radius 1 is 1.04 bits per heavy atom. The molecule has 2 aromatic rings. The predicted molar refractivity (Wildman–Crippen MR) is 112 cm³/mol. The molecule has 0 aliphatic carbocycles. The van der Waals surface area contributed by atoms with Crippen molar-refractivity contribution in [1.82, 2.24) is 4.72 Å². The van der Waals surface area contributed by atoms with E-state index in [1.807, 2.05) is 14.1 Å². The van der Waals surface area contributed by atoms with Crippen LogP contribution >= 0.6 is 0 Å². The van der Waals surface area contributed by atoms with Crippen LogP contribution in [0, 0.1) is 0 Å². The average Bonchev–Trinajstić information content (AvgIpc) is 3.23. The molecule has 1 aliphatic heterocycles. The van der Waals surface area contributed by atoms with Crippen LogP contribution in [0.15, 0.2) is 53.4 Å². The lowest BCUT2D eigenvalue weighted by atomic mass is 10.1. The summed E-state index contributed by atoms with van der Waals surface area (Å²) in [5, 5.41) is 0. The SMILES string of the molecule is COc1ccc(S(=O)(=O)NC[C@@H](c2ccc(N(C)C)cc2)[NH+]2CCCC2)cc1. The maximum Gasteiger partial charge on any atom is 0.240 e. The predicted octanol–water partition coefficient (Wildman–Crippen LogP) is 1.46. The fraction of sp³-hybridized carbons (Fsp3) is 0.429. The van der Waals surface area contributed by atoms with Crippen molar-refractivity contribution in [3.8, 4) is 5.75 Å². The van der Waals surface area contributed by atoms with Crippen LogP contribution in [0.5, 0.6) is 5.75 Å². The third-order valence-corrected chi connectivity index (χ3v) is 6.84. The van der Waals surface area contributed by atoms with Gasteiger partial charge in [0, 0.05) is 38.2 Å².